The number of carbonyl (C=O) groups is 1. The number of nitrogens with zero attached hydrogens (tertiary/aromatic N) is 4. The molecule has 1 aromatic carbocycles. The molecule has 1 aromatic heterocycles. The molecule has 0 spiro atoms. The van der Waals surface area contributed by atoms with Crippen molar-refractivity contribution in [3.05, 3.63) is 30.1 Å². The molecule has 174 valence electrons. The van der Waals surface area contributed by atoms with Gasteiger partial charge in [-0.1, -0.05) is 50.7 Å². The zero-order chi connectivity index (χ0) is 21.9. The average molecular weight is 437 g/mol. The summed E-state index contributed by atoms with van der Waals surface area (Å²) in [6, 6.07) is 9.39. The predicted octanol–water partition coefficient (Wildman–Crippen LogP) is 5.28. The molecule has 1 saturated heterocycles. The number of fused-ring (bicyclic) bond motifs is 1. The minimum Gasteiger partial charge on any atom is -0.336 e. The highest BCUT2D eigenvalue weighted by atomic mass is 16.2. The molecule has 2 aliphatic carbocycles. The molecule has 0 bridgehead atoms. The molecule has 0 radical (unpaired) electrons. The van der Waals surface area contributed by atoms with Crippen molar-refractivity contribution in [2.45, 2.75) is 95.7 Å². The number of benzene rings is 1. The third-order valence-corrected chi connectivity index (χ3v) is 8.37. The van der Waals surface area contributed by atoms with E-state index in [1.54, 1.807) is 0 Å². The second-order valence-electron chi connectivity index (χ2n) is 10.5. The van der Waals surface area contributed by atoms with Crippen LogP contribution in [0.1, 0.15) is 82.9 Å². The molecule has 1 aliphatic heterocycles. The van der Waals surface area contributed by atoms with Crippen LogP contribution in [-0.2, 0) is 18.4 Å². The topological polar surface area (TPSA) is 41.4 Å². The van der Waals surface area contributed by atoms with Crippen LogP contribution in [0.25, 0.3) is 11.0 Å². The maximum Gasteiger partial charge on any atom is 0.226 e. The van der Waals surface area contributed by atoms with Crippen LogP contribution in [-0.4, -0.2) is 50.4 Å². The van der Waals surface area contributed by atoms with E-state index in [0.29, 0.717) is 18.0 Å². The van der Waals surface area contributed by atoms with E-state index in [9.17, 15) is 4.79 Å². The molecule has 0 N–H and O–H groups in total. The Morgan fingerprint density at radius 1 is 0.906 bits per heavy atom. The molecule has 2 heterocycles. The fourth-order valence-electron chi connectivity index (χ4n) is 6.46. The van der Waals surface area contributed by atoms with Crippen molar-refractivity contribution < 1.29 is 4.79 Å². The molecule has 3 fully saturated rings. The highest BCUT2D eigenvalue weighted by Crippen LogP contribution is 2.33. The summed E-state index contributed by atoms with van der Waals surface area (Å²) >= 11 is 0. The first-order valence-corrected chi connectivity index (χ1v) is 13.2. The summed E-state index contributed by atoms with van der Waals surface area (Å²) in [7, 11) is 2.12. The first-order valence-electron chi connectivity index (χ1n) is 13.2. The second-order valence-corrected chi connectivity index (χ2v) is 10.5. The second kappa shape index (κ2) is 9.94. The zero-order valence-corrected chi connectivity index (χ0v) is 19.8. The Balaban J connectivity index is 1.22. The maximum atomic E-state index is 13.8. The van der Waals surface area contributed by atoms with Gasteiger partial charge in [-0.05, 0) is 63.7 Å². The largest absolute Gasteiger partial charge is 0.336 e. The minimum atomic E-state index is 0.218. The summed E-state index contributed by atoms with van der Waals surface area (Å²) in [5, 5.41) is 0. The van der Waals surface area contributed by atoms with Crippen molar-refractivity contribution in [2.75, 3.05) is 13.1 Å². The molecule has 3 aliphatic rings. The van der Waals surface area contributed by atoms with Gasteiger partial charge in [0.2, 0.25) is 5.91 Å². The number of hydrogen-bond donors (Lipinski definition) is 0. The van der Waals surface area contributed by atoms with Crippen LogP contribution in [0.3, 0.4) is 0 Å². The summed E-state index contributed by atoms with van der Waals surface area (Å²) in [6.45, 7) is 2.88. The Morgan fingerprint density at radius 3 is 2.09 bits per heavy atom. The van der Waals surface area contributed by atoms with Gasteiger partial charge in [-0.15, -0.1) is 0 Å². The van der Waals surface area contributed by atoms with E-state index in [1.807, 2.05) is 0 Å². The number of aromatic nitrogens is 2. The van der Waals surface area contributed by atoms with Gasteiger partial charge in [-0.2, -0.15) is 0 Å². The lowest BCUT2D eigenvalue weighted by molar-refractivity contribution is -0.144. The first-order chi connectivity index (χ1) is 15.7. The van der Waals surface area contributed by atoms with Crippen LogP contribution >= 0.6 is 0 Å². The van der Waals surface area contributed by atoms with Gasteiger partial charge in [0.25, 0.3) is 0 Å². The Bertz CT molecular complexity index is 884. The number of amides is 1. The molecule has 1 amide bonds. The van der Waals surface area contributed by atoms with Crippen LogP contribution in [0.4, 0.5) is 0 Å². The molecule has 5 rings (SSSR count). The fraction of sp³-hybridized carbons (Fsp3) is 0.704. The number of imidazole rings is 1. The van der Waals surface area contributed by atoms with E-state index < -0.39 is 0 Å². The summed E-state index contributed by atoms with van der Waals surface area (Å²) in [4.78, 5) is 23.6. The molecule has 0 atom stereocenters. The highest BCUT2D eigenvalue weighted by molar-refractivity contribution is 5.79. The van der Waals surface area contributed by atoms with Crippen molar-refractivity contribution in [1.82, 2.24) is 19.4 Å². The number of likely N-dealkylation sites (tertiary alicyclic amines) is 1. The van der Waals surface area contributed by atoms with Gasteiger partial charge < -0.3 is 9.47 Å². The molecule has 2 saturated carbocycles. The first kappa shape index (κ1) is 21.9. The SMILES string of the molecule is Cn1c(CN2CCC(C(=O)N(C3CCCCC3)C3CCCCC3)CC2)nc2ccccc21. The van der Waals surface area contributed by atoms with Gasteiger partial charge in [0.1, 0.15) is 5.82 Å². The van der Waals surface area contributed by atoms with Crippen molar-refractivity contribution in [1.29, 1.82) is 0 Å². The smallest absolute Gasteiger partial charge is 0.226 e. The van der Waals surface area contributed by atoms with Crippen molar-refractivity contribution in [3.8, 4) is 0 Å². The standard InChI is InChI=1S/C27H40N4O/c1-29-25-15-9-8-14-24(25)28-26(29)20-30-18-16-21(17-19-30)27(32)31(22-10-4-2-5-11-22)23-12-6-3-7-13-23/h8-9,14-15,21-23H,2-7,10-13,16-20H2,1H3. The molecular weight excluding hydrogens is 396 g/mol. The number of para-hydroxylation sites is 2. The lowest BCUT2D eigenvalue weighted by Gasteiger charge is -2.44. The normalized spacial score (nSPS) is 22.4. The van der Waals surface area contributed by atoms with Crippen LogP contribution in [0.2, 0.25) is 0 Å². The van der Waals surface area contributed by atoms with Gasteiger partial charge >= 0.3 is 0 Å². The van der Waals surface area contributed by atoms with Crippen molar-refractivity contribution >= 4 is 16.9 Å². The number of rotatable bonds is 5. The van der Waals surface area contributed by atoms with Gasteiger partial charge in [-0.3, -0.25) is 9.69 Å². The Labute approximate surface area is 193 Å². The summed E-state index contributed by atoms with van der Waals surface area (Å²) in [6.07, 6.45) is 14.8. The number of piperidine rings is 1. The summed E-state index contributed by atoms with van der Waals surface area (Å²) < 4.78 is 2.22. The van der Waals surface area contributed by atoms with Crippen molar-refractivity contribution in [2.24, 2.45) is 13.0 Å². The van der Waals surface area contributed by atoms with E-state index in [1.165, 1.54) is 69.7 Å². The maximum absolute atomic E-state index is 13.8. The van der Waals surface area contributed by atoms with Gasteiger partial charge in [0.15, 0.2) is 0 Å². The van der Waals surface area contributed by atoms with Crippen LogP contribution in [0, 0.1) is 5.92 Å². The fourth-order valence-corrected chi connectivity index (χ4v) is 6.46. The van der Waals surface area contributed by atoms with E-state index in [0.717, 1.165) is 43.8 Å². The number of aryl methyl sites for hydroxylation is 1. The monoisotopic (exact) mass is 436 g/mol. The lowest BCUT2D eigenvalue weighted by Crippen LogP contribution is -2.52. The molecule has 5 nitrogen and oxygen atoms in total. The molecule has 0 unspecified atom stereocenters. The number of hydrogen-bond acceptors (Lipinski definition) is 3. The Morgan fingerprint density at radius 2 is 1.50 bits per heavy atom. The third-order valence-electron chi connectivity index (χ3n) is 8.37. The van der Waals surface area contributed by atoms with E-state index in [2.05, 4.69) is 45.7 Å². The van der Waals surface area contributed by atoms with Gasteiger partial charge in [0.05, 0.1) is 17.6 Å². The quantitative estimate of drug-likeness (QED) is 0.640. The average Bonchev–Trinajstić information content (AvgIpc) is 3.16. The van der Waals surface area contributed by atoms with Gasteiger partial charge in [-0.25, -0.2) is 4.98 Å². The van der Waals surface area contributed by atoms with Crippen LogP contribution in [0.5, 0.6) is 0 Å². The summed E-state index contributed by atoms with van der Waals surface area (Å²) in [5.41, 5.74) is 2.27. The van der Waals surface area contributed by atoms with Crippen molar-refractivity contribution in [3.63, 3.8) is 0 Å². The van der Waals surface area contributed by atoms with E-state index in [4.69, 9.17) is 4.98 Å². The molecule has 2 aromatic rings. The third kappa shape index (κ3) is 4.59. The van der Waals surface area contributed by atoms with Crippen LogP contribution in [0.15, 0.2) is 24.3 Å². The Hall–Kier alpha value is -1.88. The van der Waals surface area contributed by atoms with E-state index >= 15 is 0 Å². The molecule has 5 heteroatoms. The predicted molar refractivity (Wildman–Crippen MR) is 129 cm³/mol. The zero-order valence-electron chi connectivity index (χ0n) is 19.8. The lowest BCUT2D eigenvalue weighted by atomic mass is 9.86. The molecule has 32 heavy (non-hydrogen) atoms. The highest BCUT2D eigenvalue weighted by Gasteiger charge is 2.37. The minimum absolute atomic E-state index is 0.218. The van der Waals surface area contributed by atoms with Gasteiger partial charge in [0, 0.05) is 25.0 Å². The number of carbonyl (C=O) groups excluding carboxylic acids is 1. The Kier molecular flexibility index (Phi) is 6.82. The summed E-state index contributed by atoms with van der Waals surface area (Å²) in [5.74, 6) is 1.84. The van der Waals surface area contributed by atoms with Crippen LogP contribution < -0.4 is 0 Å². The molecular formula is C27H40N4O. The van der Waals surface area contributed by atoms with E-state index in [-0.39, 0.29) is 5.92 Å².